The van der Waals surface area contributed by atoms with E-state index >= 15 is 0 Å². The second-order valence-electron chi connectivity index (χ2n) is 7.81. The maximum atomic E-state index is 12.7. The molecule has 0 aliphatic carbocycles. The Morgan fingerprint density at radius 1 is 1.10 bits per heavy atom. The number of benzene rings is 2. The highest BCUT2D eigenvalue weighted by Gasteiger charge is 2.53. The third-order valence-electron chi connectivity index (χ3n) is 5.77. The van der Waals surface area contributed by atoms with Gasteiger partial charge in [-0.1, -0.05) is 36.4 Å². The Balaban J connectivity index is 1.28. The molecule has 0 bridgehead atoms. The fourth-order valence-corrected chi connectivity index (χ4v) is 4.15. The Morgan fingerprint density at radius 3 is 2.53 bits per heavy atom. The van der Waals surface area contributed by atoms with Crippen molar-refractivity contribution in [2.45, 2.75) is 18.9 Å². The average Bonchev–Trinajstić information content (AvgIpc) is 3.36. The van der Waals surface area contributed by atoms with E-state index in [9.17, 15) is 14.4 Å². The van der Waals surface area contributed by atoms with E-state index in [1.807, 2.05) is 48.5 Å². The number of nitrogens with one attached hydrogen (secondary N) is 2. The quantitative estimate of drug-likeness (QED) is 0.712. The Kier molecular flexibility index (Phi) is 5.70. The van der Waals surface area contributed by atoms with Gasteiger partial charge in [0, 0.05) is 18.7 Å². The summed E-state index contributed by atoms with van der Waals surface area (Å²) >= 11 is 0. The third-order valence-corrected chi connectivity index (χ3v) is 5.77. The molecule has 7 heteroatoms. The molecule has 4 rings (SSSR count). The molecule has 3 amide bonds. The van der Waals surface area contributed by atoms with E-state index in [4.69, 9.17) is 4.74 Å². The monoisotopic (exact) mass is 407 g/mol. The molecule has 0 radical (unpaired) electrons. The van der Waals surface area contributed by atoms with Crippen molar-refractivity contribution >= 4 is 17.7 Å². The molecule has 30 heavy (non-hydrogen) atoms. The van der Waals surface area contributed by atoms with Gasteiger partial charge < -0.3 is 20.3 Å². The highest BCUT2D eigenvalue weighted by Crippen LogP contribution is 2.40. The largest absolute Gasteiger partial charge is 0.492 e. The molecule has 0 saturated carbocycles. The van der Waals surface area contributed by atoms with Crippen LogP contribution in [0.2, 0.25) is 0 Å². The summed E-state index contributed by atoms with van der Waals surface area (Å²) in [5.41, 5.74) is -0.0758. The highest BCUT2D eigenvalue weighted by atomic mass is 16.5. The molecule has 2 atom stereocenters. The van der Waals surface area contributed by atoms with E-state index in [1.54, 1.807) is 17.0 Å². The normalized spacial score (nSPS) is 22.7. The zero-order chi connectivity index (χ0) is 21.0. The van der Waals surface area contributed by atoms with Gasteiger partial charge in [0.25, 0.3) is 5.91 Å². The molecule has 2 unspecified atom stereocenters. The minimum absolute atomic E-state index is 0.0776. The van der Waals surface area contributed by atoms with Crippen LogP contribution in [-0.2, 0) is 9.59 Å². The van der Waals surface area contributed by atoms with Gasteiger partial charge in [0.15, 0.2) is 0 Å². The summed E-state index contributed by atoms with van der Waals surface area (Å²) < 4.78 is 5.57. The Bertz CT molecular complexity index is 919. The zero-order valence-corrected chi connectivity index (χ0v) is 16.7. The lowest BCUT2D eigenvalue weighted by atomic mass is 9.84. The van der Waals surface area contributed by atoms with Crippen molar-refractivity contribution in [3.8, 4) is 5.75 Å². The standard InChI is InChI=1S/C23H25N3O4/c27-20(24-12-14-30-18-9-5-2-6-10-18)19-15-23(22(29)25-19)11-13-26(16-23)21(28)17-7-3-1-4-8-17/h1-10,19H,11-16H2,(H,24,27)(H,25,29). The first-order valence-electron chi connectivity index (χ1n) is 10.2. The lowest BCUT2D eigenvalue weighted by Gasteiger charge is -2.21. The van der Waals surface area contributed by atoms with E-state index in [0.29, 0.717) is 44.6 Å². The first-order chi connectivity index (χ1) is 14.6. The average molecular weight is 407 g/mol. The first kappa shape index (κ1) is 19.9. The van der Waals surface area contributed by atoms with Gasteiger partial charge >= 0.3 is 0 Å². The molecule has 156 valence electrons. The van der Waals surface area contributed by atoms with Crippen molar-refractivity contribution < 1.29 is 19.1 Å². The molecule has 7 nitrogen and oxygen atoms in total. The van der Waals surface area contributed by atoms with Crippen LogP contribution in [0.15, 0.2) is 60.7 Å². The van der Waals surface area contributed by atoms with E-state index in [2.05, 4.69) is 10.6 Å². The SMILES string of the molecule is O=C(NCCOc1ccccc1)C1CC2(CCN(C(=O)c3ccccc3)C2)C(=O)N1. The van der Waals surface area contributed by atoms with E-state index in [0.717, 1.165) is 5.75 Å². The summed E-state index contributed by atoms with van der Waals surface area (Å²) in [5.74, 6) is 0.302. The number of hydrogen-bond donors (Lipinski definition) is 2. The van der Waals surface area contributed by atoms with Gasteiger partial charge in [0.05, 0.1) is 12.0 Å². The molecular formula is C23H25N3O4. The number of hydrogen-bond acceptors (Lipinski definition) is 4. The van der Waals surface area contributed by atoms with Crippen molar-refractivity contribution in [1.82, 2.24) is 15.5 Å². The van der Waals surface area contributed by atoms with Gasteiger partial charge in [-0.2, -0.15) is 0 Å². The zero-order valence-electron chi connectivity index (χ0n) is 16.7. The minimum atomic E-state index is -0.688. The molecule has 0 aromatic heterocycles. The van der Waals surface area contributed by atoms with Crippen LogP contribution < -0.4 is 15.4 Å². The van der Waals surface area contributed by atoms with Crippen LogP contribution in [0.1, 0.15) is 23.2 Å². The molecular weight excluding hydrogens is 382 g/mol. The number of carbonyl (C=O) groups excluding carboxylic acids is 3. The van der Waals surface area contributed by atoms with Crippen LogP contribution in [0, 0.1) is 5.41 Å². The Labute approximate surface area is 175 Å². The fraction of sp³-hybridized carbons (Fsp3) is 0.348. The maximum absolute atomic E-state index is 12.7. The number of carbonyl (C=O) groups is 3. The predicted octanol–water partition coefficient (Wildman–Crippen LogP) is 1.60. The predicted molar refractivity (Wildman–Crippen MR) is 111 cm³/mol. The molecule has 1 spiro atoms. The van der Waals surface area contributed by atoms with Gasteiger partial charge in [-0.15, -0.1) is 0 Å². The van der Waals surface area contributed by atoms with Crippen LogP contribution in [0.25, 0.3) is 0 Å². The number of rotatable bonds is 6. The van der Waals surface area contributed by atoms with E-state index in [1.165, 1.54) is 0 Å². The lowest BCUT2D eigenvalue weighted by Crippen LogP contribution is -2.43. The molecule has 2 aliphatic rings. The minimum Gasteiger partial charge on any atom is -0.492 e. The number of nitrogens with zero attached hydrogens (tertiary/aromatic N) is 1. The summed E-state index contributed by atoms with van der Waals surface area (Å²) in [7, 11) is 0. The van der Waals surface area contributed by atoms with E-state index < -0.39 is 11.5 Å². The number of para-hydroxylation sites is 1. The number of ether oxygens (including phenoxy) is 1. The van der Waals surface area contributed by atoms with Gasteiger partial charge in [-0.25, -0.2) is 0 Å². The molecule has 2 aliphatic heterocycles. The lowest BCUT2D eigenvalue weighted by molar-refractivity contribution is -0.128. The molecule has 2 N–H and O–H groups in total. The molecule has 2 saturated heterocycles. The van der Waals surface area contributed by atoms with Crippen LogP contribution in [0.3, 0.4) is 0 Å². The van der Waals surface area contributed by atoms with Crippen LogP contribution in [0.4, 0.5) is 0 Å². The summed E-state index contributed by atoms with van der Waals surface area (Å²) in [6, 6.07) is 17.9. The van der Waals surface area contributed by atoms with Gasteiger partial charge in [-0.3, -0.25) is 14.4 Å². The summed E-state index contributed by atoms with van der Waals surface area (Å²) in [5, 5.41) is 5.64. The van der Waals surface area contributed by atoms with Crippen molar-refractivity contribution in [3.05, 3.63) is 66.2 Å². The van der Waals surface area contributed by atoms with Gasteiger partial charge in [-0.05, 0) is 37.1 Å². The van der Waals surface area contributed by atoms with Crippen LogP contribution in [-0.4, -0.2) is 54.9 Å². The number of amides is 3. The number of likely N-dealkylation sites (tertiary alicyclic amines) is 1. The van der Waals surface area contributed by atoms with Crippen LogP contribution >= 0.6 is 0 Å². The van der Waals surface area contributed by atoms with E-state index in [-0.39, 0.29) is 17.7 Å². The van der Waals surface area contributed by atoms with Gasteiger partial charge in [0.1, 0.15) is 18.4 Å². The third kappa shape index (κ3) is 4.15. The van der Waals surface area contributed by atoms with Gasteiger partial charge in [0.2, 0.25) is 11.8 Å². The van der Waals surface area contributed by atoms with Crippen molar-refractivity contribution in [1.29, 1.82) is 0 Å². The second-order valence-corrected chi connectivity index (χ2v) is 7.81. The van der Waals surface area contributed by atoms with Crippen molar-refractivity contribution in [2.75, 3.05) is 26.2 Å². The Morgan fingerprint density at radius 2 is 1.80 bits per heavy atom. The Hall–Kier alpha value is -3.35. The molecule has 2 fully saturated rings. The second kappa shape index (κ2) is 8.57. The smallest absolute Gasteiger partial charge is 0.253 e. The van der Waals surface area contributed by atoms with Crippen molar-refractivity contribution in [2.24, 2.45) is 5.41 Å². The highest BCUT2D eigenvalue weighted by molar-refractivity contribution is 5.97. The summed E-state index contributed by atoms with van der Waals surface area (Å²) in [4.78, 5) is 39.6. The molecule has 2 aromatic carbocycles. The molecule has 2 aromatic rings. The maximum Gasteiger partial charge on any atom is 0.253 e. The van der Waals surface area contributed by atoms with Crippen molar-refractivity contribution in [3.63, 3.8) is 0 Å². The van der Waals surface area contributed by atoms with Crippen LogP contribution in [0.5, 0.6) is 5.75 Å². The summed E-state index contributed by atoms with van der Waals surface area (Å²) in [6.45, 7) is 1.56. The topological polar surface area (TPSA) is 87.7 Å². The first-order valence-corrected chi connectivity index (χ1v) is 10.2. The fourth-order valence-electron chi connectivity index (χ4n) is 4.15. The summed E-state index contributed by atoms with van der Waals surface area (Å²) in [6.07, 6.45) is 0.966. The molecule has 2 heterocycles.